The predicted octanol–water partition coefficient (Wildman–Crippen LogP) is 1.72. The lowest BCUT2D eigenvalue weighted by Crippen LogP contribution is -2.37. The molecular formula is C14H21N3O3. The van der Waals surface area contributed by atoms with Crippen LogP contribution in [-0.2, 0) is 11.3 Å². The summed E-state index contributed by atoms with van der Waals surface area (Å²) in [5.74, 6) is -0.759. The molecule has 0 spiro atoms. The number of hydrogen-bond donors (Lipinski definition) is 2. The second-order valence-electron chi connectivity index (χ2n) is 4.90. The van der Waals surface area contributed by atoms with Crippen molar-refractivity contribution < 1.29 is 14.7 Å². The number of nitrogens with one attached hydrogen (secondary N) is 1. The highest BCUT2D eigenvalue weighted by atomic mass is 16.4. The molecule has 0 fully saturated rings. The number of urea groups is 1. The average Bonchev–Trinajstić information content (AvgIpc) is 2.38. The molecule has 0 aromatic carbocycles. The molecule has 0 radical (unpaired) electrons. The van der Waals surface area contributed by atoms with E-state index in [1.165, 1.54) is 0 Å². The van der Waals surface area contributed by atoms with Crippen LogP contribution in [0.15, 0.2) is 24.4 Å². The Morgan fingerprint density at radius 1 is 1.45 bits per heavy atom. The maximum atomic E-state index is 11.8. The summed E-state index contributed by atoms with van der Waals surface area (Å²) in [5, 5.41) is 11.4. The summed E-state index contributed by atoms with van der Waals surface area (Å²) < 4.78 is 0. The van der Waals surface area contributed by atoms with Crippen LogP contribution in [0.2, 0.25) is 0 Å². The third-order valence-corrected chi connectivity index (χ3v) is 2.91. The average molecular weight is 279 g/mol. The van der Waals surface area contributed by atoms with Crippen molar-refractivity contribution >= 4 is 12.0 Å². The van der Waals surface area contributed by atoms with Gasteiger partial charge < -0.3 is 15.3 Å². The highest BCUT2D eigenvalue weighted by Crippen LogP contribution is 2.06. The number of pyridine rings is 1. The predicted molar refractivity (Wildman–Crippen MR) is 75.1 cm³/mol. The number of aromatic nitrogens is 1. The number of amides is 2. The fourth-order valence-electron chi connectivity index (χ4n) is 1.77. The SMILES string of the molecule is CC(CCNC(=O)N(C)Cc1ccccn1)CC(=O)O. The Balaban J connectivity index is 2.27. The number of nitrogens with zero attached hydrogens (tertiary/aromatic N) is 2. The summed E-state index contributed by atoms with van der Waals surface area (Å²) in [6.45, 7) is 2.77. The molecule has 1 unspecified atom stereocenters. The number of carboxylic acid groups (broad SMARTS) is 1. The molecule has 2 amide bonds. The van der Waals surface area contributed by atoms with Crippen molar-refractivity contribution in [3.63, 3.8) is 0 Å². The van der Waals surface area contributed by atoms with Crippen LogP contribution >= 0.6 is 0 Å². The lowest BCUT2D eigenvalue weighted by atomic mass is 10.0. The molecule has 6 heteroatoms. The van der Waals surface area contributed by atoms with E-state index < -0.39 is 5.97 Å². The monoisotopic (exact) mass is 279 g/mol. The van der Waals surface area contributed by atoms with E-state index in [2.05, 4.69) is 10.3 Å². The zero-order valence-corrected chi connectivity index (χ0v) is 11.9. The molecule has 1 aromatic rings. The largest absolute Gasteiger partial charge is 0.481 e. The van der Waals surface area contributed by atoms with Gasteiger partial charge in [-0.25, -0.2) is 4.79 Å². The van der Waals surface area contributed by atoms with Gasteiger partial charge in [0.1, 0.15) is 0 Å². The second-order valence-corrected chi connectivity index (χ2v) is 4.90. The third-order valence-electron chi connectivity index (χ3n) is 2.91. The fraction of sp³-hybridized carbons (Fsp3) is 0.500. The highest BCUT2D eigenvalue weighted by Gasteiger charge is 2.11. The van der Waals surface area contributed by atoms with Crippen LogP contribution in [-0.4, -0.2) is 40.6 Å². The van der Waals surface area contributed by atoms with Crippen LogP contribution in [0.4, 0.5) is 4.79 Å². The van der Waals surface area contributed by atoms with E-state index in [0.717, 1.165) is 5.69 Å². The van der Waals surface area contributed by atoms with Gasteiger partial charge in [-0.2, -0.15) is 0 Å². The summed E-state index contributed by atoms with van der Waals surface area (Å²) in [6, 6.07) is 5.38. The van der Waals surface area contributed by atoms with Crippen molar-refractivity contribution in [1.29, 1.82) is 0 Å². The molecule has 0 aliphatic heterocycles. The van der Waals surface area contributed by atoms with E-state index in [9.17, 15) is 9.59 Å². The molecule has 110 valence electrons. The fourth-order valence-corrected chi connectivity index (χ4v) is 1.77. The van der Waals surface area contributed by atoms with Gasteiger partial charge in [0, 0.05) is 26.2 Å². The minimum absolute atomic E-state index is 0.0499. The molecule has 6 nitrogen and oxygen atoms in total. The van der Waals surface area contributed by atoms with E-state index in [-0.39, 0.29) is 18.4 Å². The topological polar surface area (TPSA) is 82.5 Å². The van der Waals surface area contributed by atoms with Crippen LogP contribution in [0.5, 0.6) is 0 Å². The summed E-state index contributed by atoms with van der Waals surface area (Å²) in [7, 11) is 1.70. The lowest BCUT2D eigenvalue weighted by molar-refractivity contribution is -0.138. The van der Waals surface area contributed by atoms with E-state index in [0.29, 0.717) is 19.5 Å². The zero-order valence-electron chi connectivity index (χ0n) is 11.9. The minimum atomic E-state index is -0.809. The Labute approximate surface area is 118 Å². The molecule has 0 saturated carbocycles. The van der Waals surface area contributed by atoms with Gasteiger partial charge in [0.15, 0.2) is 0 Å². The molecular weight excluding hydrogens is 258 g/mol. The first-order chi connectivity index (χ1) is 9.49. The third kappa shape index (κ3) is 6.17. The van der Waals surface area contributed by atoms with Crippen LogP contribution in [0.1, 0.15) is 25.5 Å². The molecule has 1 atom stereocenters. The number of carboxylic acids is 1. The number of aliphatic carboxylic acids is 1. The molecule has 0 bridgehead atoms. The quantitative estimate of drug-likeness (QED) is 0.796. The Hall–Kier alpha value is -2.11. The van der Waals surface area contributed by atoms with Crippen molar-refractivity contribution in [1.82, 2.24) is 15.2 Å². The van der Waals surface area contributed by atoms with Gasteiger partial charge >= 0.3 is 12.0 Å². The molecule has 1 rings (SSSR count). The first-order valence-electron chi connectivity index (χ1n) is 6.59. The van der Waals surface area contributed by atoms with Crippen LogP contribution in [0, 0.1) is 5.92 Å². The maximum absolute atomic E-state index is 11.8. The molecule has 1 aromatic heterocycles. The molecule has 1 heterocycles. The van der Waals surface area contributed by atoms with Crippen molar-refractivity contribution in [2.45, 2.75) is 26.3 Å². The van der Waals surface area contributed by atoms with Gasteiger partial charge in [0.25, 0.3) is 0 Å². The highest BCUT2D eigenvalue weighted by molar-refractivity contribution is 5.73. The van der Waals surface area contributed by atoms with E-state index in [4.69, 9.17) is 5.11 Å². The van der Waals surface area contributed by atoms with Gasteiger partial charge in [-0.05, 0) is 24.5 Å². The number of rotatable bonds is 7. The van der Waals surface area contributed by atoms with E-state index in [1.54, 1.807) is 18.1 Å². The van der Waals surface area contributed by atoms with Crippen molar-refractivity contribution in [2.75, 3.05) is 13.6 Å². The van der Waals surface area contributed by atoms with E-state index in [1.807, 2.05) is 25.1 Å². The van der Waals surface area contributed by atoms with Crippen molar-refractivity contribution in [2.24, 2.45) is 5.92 Å². The summed E-state index contributed by atoms with van der Waals surface area (Å²) in [6.07, 6.45) is 2.46. The van der Waals surface area contributed by atoms with Gasteiger partial charge in [-0.15, -0.1) is 0 Å². The first kappa shape index (κ1) is 15.9. The van der Waals surface area contributed by atoms with Crippen LogP contribution in [0.3, 0.4) is 0 Å². The Kier molecular flexibility index (Phi) is 6.49. The van der Waals surface area contributed by atoms with Gasteiger partial charge in [0.2, 0.25) is 0 Å². The number of hydrogen-bond acceptors (Lipinski definition) is 3. The number of carbonyl (C=O) groups is 2. The lowest BCUT2D eigenvalue weighted by Gasteiger charge is -2.18. The van der Waals surface area contributed by atoms with Crippen LogP contribution < -0.4 is 5.32 Å². The zero-order chi connectivity index (χ0) is 15.0. The summed E-state index contributed by atoms with van der Waals surface area (Å²) in [4.78, 5) is 28.0. The summed E-state index contributed by atoms with van der Waals surface area (Å²) in [5.41, 5.74) is 0.824. The normalized spacial score (nSPS) is 11.7. The Morgan fingerprint density at radius 3 is 2.80 bits per heavy atom. The number of carbonyl (C=O) groups excluding carboxylic acids is 1. The first-order valence-corrected chi connectivity index (χ1v) is 6.59. The van der Waals surface area contributed by atoms with Crippen molar-refractivity contribution in [3.05, 3.63) is 30.1 Å². The molecule has 0 aliphatic rings. The minimum Gasteiger partial charge on any atom is -0.481 e. The maximum Gasteiger partial charge on any atom is 0.317 e. The standard InChI is InChI=1S/C14H21N3O3/c1-11(9-13(18)19)6-8-16-14(20)17(2)10-12-5-3-4-7-15-12/h3-5,7,11H,6,8-10H2,1-2H3,(H,16,20)(H,18,19). The van der Waals surface area contributed by atoms with Gasteiger partial charge in [-0.3, -0.25) is 9.78 Å². The Bertz CT molecular complexity index is 437. The Morgan fingerprint density at radius 2 is 2.20 bits per heavy atom. The molecule has 0 aliphatic carbocycles. The van der Waals surface area contributed by atoms with Gasteiger partial charge in [-0.1, -0.05) is 13.0 Å². The van der Waals surface area contributed by atoms with Crippen LogP contribution in [0.25, 0.3) is 0 Å². The van der Waals surface area contributed by atoms with Crippen molar-refractivity contribution in [3.8, 4) is 0 Å². The molecule has 0 saturated heterocycles. The van der Waals surface area contributed by atoms with E-state index >= 15 is 0 Å². The van der Waals surface area contributed by atoms with Gasteiger partial charge in [0.05, 0.1) is 12.2 Å². The molecule has 2 N–H and O–H groups in total. The summed E-state index contributed by atoms with van der Waals surface area (Å²) >= 11 is 0. The molecule has 20 heavy (non-hydrogen) atoms. The second kappa shape index (κ2) is 8.14. The smallest absolute Gasteiger partial charge is 0.317 e.